The van der Waals surface area contributed by atoms with E-state index in [0.717, 1.165) is 0 Å². The van der Waals surface area contributed by atoms with Crippen molar-refractivity contribution in [1.29, 1.82) is 0 Å². The predicted molar refractivity (Wildman–Crippen MR) is 61.3 cm³/mol. The van der Waals surface area contributed by atoms with Crippen LogP contribution < -0.4 is 4.72 Å². The molecule has 94 valence electrons. The summed E-state index contributed by atoms with van der Waals surface area (Å²) in [6.07, 6.45) is 1.43. The first-order chi connectivity index (χ1) is 7.92. The number of hydrogen-bond donors (Lipinski definition) is 2. The molecule has 0 unspecified atom stereocenters. The Morgan fingerprint density at radius 1 is 1.53 bits per heavy atom. The number of carbonyl (C=O) groups is 1. The van der Waals surface area contributed by atoms with Gasteiger partial charge in [-0.15, -0.1) is 0 Å². The second-order valence-corrected chi connectivity index (χ2v) is 5.36. The third-order valence-corrected chi connectivity index (χ3v) is 3.53. The zero-order chi connectivity index (χ0) is 12.9. The molecule has 0 fully saturated rings. The van der Waals surface area contributed by atoms with Gasteiger partial charge >= 0.3 is 5.97 Å². The minimum atomic E-state index is -3.65. The molecule has 0 aliphatic heterocycles. The maximum Gasteiger partial charge on any atom is 0.303 e. The van der Waals surface area contributed by atoms with Crippen molar-refractivity contribution in [2.45, 2.75) is 17.7 Å². The van der Waals surface area contributed by atoms with E-state index < -0.39 is 16.0 Å². The minimum absolute atomic E-state index is 0.00725. The number of aliphatic carboxylic acids is 1. The van der Waals surface area contributed by atoms with Gasteiger partial charge in [0, 0.05) is 19.2 Å². The summed E-state index contributed by atoms with van der Waals surface area (Å²) in [6, 6.07) is 2.53. The van der Waals surface area contributed by atoms with Gasteiger partial charge in [0.2, 0.25) is 10.0 Å². The Balaban J connectivity index is 2.60. The first-order valence-corrected chi connectivity index (χ1v) is 6.61. The molecule has 0 aliphatic carbocycles. The van der Waals surface area contributed by atoms with Gasteiger partial charge in [0.15, 0.2) is 0 Å². The zero-order valence-corrected chi connectivity index (χ0v) is 10.3. The summed E-state index contributed by atoms with van der Waals surface area (Å²) in [6.45, 7) is 0.0641. The lowest BCUT2D eigenvalue weighted by atomic mass is 10.3. The number of pyridine rings is 1. The minimum Gasteiger partial charge on any atom is -0.481 e. The summed E-state index contributed by atoms with van der Waals surface area (Å²) in [5.41, 5.74) is 0. The third-order valence-electron chi connectivity index (χ3n) is 1.87. The standard InChI is InChI=1S/C9H11ClN2O4S/c10-8-6-7(3-5-11-8)17(15,16)12-4-1-2-9(13)14/h3,5-6,12H,1-2,4H2,(H,13,14). The van der Waals surface area contributed by atoms with Crippen molar-refractivity contribution in [3.8, 4) is 0 Å². The molecule has 1 rings (SSSR count). The summed E-state index contributed by atoms with van der Waals surface area (Å²) in [4.78, 5) is 13.9. The number of hydrogen-bond acceptors (Lipinski definition) is 4. The summed E-state index contributed by atoms with van der Waals surface area (Å²) in [7, 11) is -3.65. The Hall–Kier alpha value is -1.18. The van der Waals surface area contributed by atoms with Gasteiger partial charge in [-0.2, -0.15) is 0 Å². The molecule has 0 atom stereocenters. The summed E-state index contributed by atoms with van der Waals surface area (Å²) >= 11 is 5.57. The molecule has 6 nitrogen and oxygen atoms in total. The van der Waals surface area contributed by atoms with E-state index in [1.165, 1.54) is 18.3 Å². The van der Waals surface area contributed by atoms with Crippen LogP contribution in [0.15, 0.2) is 23.2 Å². The van der Waals surface area contributed by atoms with Crippen LogP contribution in [0.1, 0.15) is 12.8 Å². The molecular formula is C9H11ClN2O4S. The van der Waals surface area contributed by atoms with Crippen LogP contribution >= 0.6 is 11.6 Å². The molecule has 1 heterocycles. The Labute approximate surface area is 104 Å². The van der Waals surface area contributed by atoms with E-state index in [1.54, 1.807) is 0 Å². The lowest BCUT2D eigenvalue weighted by Crippen LogP contribution is -2.25. The summed E-state index contributed by atoms with van der Waals surface area (Å²) < 4.78 is 25.6. The number of nitrogens with one attached hydrogen (secondary N) is 1. The lowest BCUT2D eigenvalue weighted by Gasteiger charge is -2.05. The fourth-order valence-electron chi connectivity index (χ4n) is 1.08. The SMILES string of the molecule is O=C(O)CCCNS(=O)(=O)c1ccnc(Cl)c1. The van der Waals surface area contributed by atoms with Crippen LogP contribution in [0, 0.1) is 0 Å². The molecule has 8 heteroatoms. The summed E-state index contributed by atoms with van der Waals surface area (Å²) in [5.74, 6) is -0.962. The normalized spacial score (nSPS) is 11.4. The lowest BCUT2D eigenvalue weighted by molar-refractivity contribution is -0.137. The highest BCUT2D eigenvalue weighted by Gasteiger charge is 2.13. The summed E-state index contributed by atoms with van der Waals surface area (Å²) in [5, 5.41) is 8.48. The van der Waals surface area contributed by atoms with Crippen molar-refractivity contribution in [3.63, 3.8) is 0 Å². The van der Waals surface area contributed by atoms with E-state index in [4.69, 9.17) is 16.7 Å². The Kier molecular flexibility index (Phi) is 4.86. The topological polar surface area (TPSA) is 96.4 Å². The number of sulfonamides is 1. The number of carboxylic acids is 1. The molecule has 0 saturated heterocycles. The quantitative estimate of drug-likeness (QED) is 0.595. The number of halogens is 1. The van der Waals surface area contributed by atoms with Crippen LogP contribution in [0.3, 0.4) is 0 Å². The van der Waals surface area contributed by atoms with Crippen LogP contribution in [0.2, 0.25) is 5.15 Å². The molecule has 0 amide bonds. The molecule has 1 aromatic heterocycles. The Morgan fingerprint density at radius 3 is 2.82 bits per heavy atom. The van der Waals surface area contributed by atoms with E-state index in [1.807, 2.05) is 0 Å². The smallest absolute Gasteiger partial charge is 0.303 e. The van der Waals surface area contributed by atoms with Gasteiger partial charge in [0.1, 0.15) is 5.15 Å². The monoisotopic (exact) mass is 278 g/mol. The van der Waals surface area contributed by atoms with E-state index in [-0.39, 0.29) is 29.4 Å². The maximum atomic E-state index is 11.7. The van der Waals surface area contributed by atoms with E-state index in [0.29, 0.717) is 0 Å². The number of aromatic nitrogens is 1. The van der Waals surface area contributed by atoms with Crippen LogP contribution in [-0.2, 0) is 14.8 Å². The van der Waals surface area contributed by atoms with Gasteiger partial charge in [-0.25, -0.2) is 18.1 Å². The fourth-order valence-corrected chi connectivity index (χ4v) is 2.41. The molecular weight excluding hydrogens is 268 g/mol. The van der Waals surface area contributed by atoms with Gasteiger partial charge in [-0.05, 0) is 18.6 Å². The molecule has 1 aromatic rings. The molecule has 17 heavy (non-hydrogen) atoms. The van der Waals surface area contributed by atoms with Crippen LogP contribution in [0.25, 0.3) is 0 Å². The van der Waals surface area contributed by atoms with E-state index in [9.17, 15) is 13.2 Å². The Morgan fingerprint density at radius 2 is 2.24 bits per heavy atom. The zero-order valence-electron chi connectivity index (χ0n) is 8.76. The average Bonchev–Trinajstić information content (AvgIpc) is 2.24. The number of nitrogens with zero attached hydrogens (tertiary/aromatic N) is 1. The van der Waals surface area contributed by atoms with Gasteiger partial charge in [-0.3, -0.25) is 4.79 Å². The molecule has 0 spiro atoms. The first-order valence-electron chi connectivity index (χ1n) is 4.75. The van der Waals surface area contributed by atoms with Gasteiger partial charge in [0.25, 0.3) is 0 Å². The van der Waals surface area contributed by atoms with Crippen LogP contribution in [0.4, 0.5) is 0 Å². The van der Waals surface area contributed by atoms with Gasteiger partial charge < -0.3 is 5.11 Å². The molecule has 0 aromatic carbocycles. The average molecular weight is 279 g/mol. The highest BCUT2D eigenvalue weighted by Crippen LogP contribution is 2.12. The van der Waals surface area contributed by atoms with Crippen molar-refractivity contribution in [3.05, 3.63) is 23.5 Å². The third kappa shape index (κ3) is 4.68. The maximum absolute atomic E-state index is 11.7. The molecule has 0 radical (unpaired) electrons. The van der Waals surface area contributed by atoms with Crippen molar-refractivity contribution in [1.82, 2.24) is 9.71 Å². The molecule has 0 aliphatic rings. The largest absolute Gasteiger partial charge is 0.481 e. The molecule has 2 N–H and O–H groups in total. The van der Waals surface area contributed by atoms with Crippen LogP contribution in [-0.4, -0.2) is 31.0 Å². The van der Waals surface area contributed by atoms with E-state index >= 15 is 0 Å². The van der Waals surface area contributed by atoms with E-state index in [2.05, 4.69) is 9.71 Å². The molecule has 0 saturated carbocycles. The fraction of sp³-hybridized carbons (Fsp3) is 0.333. The second-order valence-electron chi connectivity index (χ2n) is 3.21. The number of carboxylic acid groups (broad SMARTS) is 1. The predicted octanol–water partition coefficient (Wildman–Crippen LogP) is 0.878. The Bertz CT molecular complexity index is 503. The van der Waals surface area contributed by atoms with Crippen molar-refractivity contribution < 1.29 is 18.3 Å². The van der Waals surface area contributed by atoms with Crippen molar-refractivity contribution >= 4 is 27.6 Å². The van der Waals surface area contributed by atoms with Crippen molar-refractivity contribution in [2.75, 3.05) is 6.54 Å². The van der Waals surface area contributed by atoms with Gasteiger partial charge in [-0.1, -0.05) is 11.6 Å². The van der Waals surface area contributed by atoms with Crippen LogP contribution in [0.5, 0.6) is 0 Å². The van der Waals surface area contributed by atoms with Crippen molar-refractivity contribution in [2.24, 2.45) is 0 Å². The number of rotatable bonds is 6. The second kappa shape index (κ2) is 5.95. The first kappa shape index (κ1) is 13.9. The highest BCUT2D eigenvalue weighted by molar-refractivity contribution is 7.89. The van der Waals surface area contributed by atoms with Gasteiger partial charge in [0.05, 0.1) is 4.90 Å². The highest BCUT2D eigenvalue weighted by atomic mass is 35.5. The molecule has 0 bridgehead atoms.